The van der Waals surface area contributed by atoms with Gasteiger partial charge in [-0.25, -0.2) is 0 Å². The van der Waals surface area contributed by atoms with Gasteiger partial charge in [-0.3, -0.25) is 19.4 Å². The van der Waals surface area contributed by atoms with Crippen LogP contribution in [-0.4, -0.2) is 48.6 Å². The second-order valence-electron chi connectivity index (χ2n) is 7.68. The molecule has 1 heterocycles. The lowest BCUT2D eigenvalue weighted by atomic mass is 10.1. The van der Waals surface area contributed by atoms with Crippen LogP contribution in [0.25, 0.3) is 10.9 Å². The number of benzene rings is 2. The van der Waals surface area contributed by atoms with E-state index in [0.29, 0.717) is 0 Å². The highest BCUT2D eigenvalue weighted by atomic mass is 16.5. The number of carbonyl (C=O) groups excluding carboxylic acids is 3. The molecule has 9 heteroatoms. The van der Waals surface area contributed by atoms with Gasteiger partial charge in [-0.15, -0.1) is 0 Å². The Labute approximate surface area is 197 Å². The maximum atomic E-state index is 12.7. The van der Waals surface area contributed by atoms with Gasteiger partial charge >= 0.3 is 5.97 Å². The van der Waals surface area contributed by atoms with E-state index in [9.17, 15) is 14.4 Å². The van der Waals surface area contributed by atoms with E-state index < -0.39 is 29.9 Å². The topological polar surface area (TPSA) is 133 Å². The van der Waals surface area contributed by atoms with Crippen molar-refractivity contribution < 1.29 is 23.9 Å². The van der Waals surface area contributed by atoms with E-state index in [1.807, 2.05) is 60.7 Å². The van der Waals surface area contributed by atoms with E-state index in [4.69, 9.17) is 15.2 Å². The highest BCUT2D eigenvalue weighted by Gasteiger charge is 2.25. The molecule has 0 fully saturated rings. The van der Waals surface area contributed by atoms with E-state index >= 15 is 0 Å². The zero-order chi connectivity index (χ0) is 24.3. The summed E-state index contributed by atoms with van der Waals surface area (Å²) in [5.74, 6) is -1.70. The third-order valence-electron chi connectivity index (χ3n) is 5.10. The Morgan fingerprint density at radius 2 is 1.76 bits per heavy atom. The molecule has 1 aromatic heterocycles. The molecule has 2 atom stereocenters. The molecule has 3 aromatic rings. The zero-order valence-electron chi connectivity index (χ0n) is 18.9. The molecule has 0 aliphatic rings. The summed E-state index contributed by atoms with van der Waals surface area (Å²) in [6.07, 6.45) is 1.37. The fourth-order valence-corrected chi connectivity index (χ4v) is 3.31. The molecular weight excluding hydrogens is 436 g/mol. The van der Waals surface area contributed by atoms with Crippen molar-refractivity contribution in [3.05, 3.63) is 78.0 Å². The van der Waals surface area contributed by atoms with Gasteiger partial charge in [0.05, 0.1) is 24.6 Å². The molecule has 0 aliphatic carbocycles. The number of fused-ring (bicyclic) bond motifs is 1. The predicted molar refractivity (Wildman–Crippen MR) is 126 cm³/mol. The van der Waals surface area contributed by atoms with Crippen molar-refractivity contribution in [3.63, 3.8) is 0 Å². The summed E-state index contributed by atoms with van der Waals surface area (Å²) >= 11 is 0. The molecular formula is C25H28N4O5. The third kappa shape index (κ3) is 7.09. The second-order valence-corrected chi connectivity index (χ2v) is 7.68. The number of esters is 1. The number of pyridine rings is 1. The van der Waals surface area contributed by atoms with Crippen LogP contribution in [0.1, 0.15) is 17.5 Å². The monoisotopic (exact) mass is 464 g/mol. The Hall–Kier alpha value is -3.82. The van der Waals surface area contributed by atoms with Gasteiger partial charge in [0.25, 0.3) is 0 Å². The highest BCUT2D eigenvalue weighted by molar-refractivity contribution is 5.92. The minimum absolute atomic E-state index is 0.0590. The first kappa shape index (κ1) is 24.8. The Bertz CT molecular complexity index is 1120. The largest absolute Gasteiger partial charge is 0.461 e. The van der Waals surface area contributed by atoms with Gasteiger partial charge in [0.1, 0.15) is 12.6 Å². The minimum Gasteiger partial charge on any atom is -0.461 e. The SMILES string of the molecule is COCC(NC(=O)C(N)CC(=O)OCc1ccccc1)C(=O)NCc1cccc2cccnc12. The summed E-state index contributed by atoms with van der Waals surface area (Å²) in [4.78, 5) is 41.6. The van der Waals surface area contributed by atoms with E-state index in [1.165, 1.54) is 7.11 Å². The Morgan fingerprint density at radius 3 is 2.53 bits per heavy atom. The quantitative estimate of drug-likeness (QED) is 0.366. The van der Waals surface area contributed by atoms with Crippen LogP contribution in [0.5, 0.6) is 0 Å². The van der Waals surface area contributed by atoms with Crippen LogP contribution in [0.3, 0.4) is 0 Å². The van der Waals surface area contributed by atoms with Crippen molar-refractivity contribution in [1.29, 1.82) is 0 Å². The van der Waals surface area contributed by atoms with Crippen molar-refractivity contribution >= 4 is 28.7 Å². The molecule has 2 amide bonds. The number of nitrogens with one attached hydrogen (secondary N) is 2. The first-order valence-electron chi connectivity index (χ1n) is 10.8. The predicted octanol–water partition coefficient (Wildman–Crippen LogP) is 1.44. The molecule has 0 spiro atoms. The molecule has 0 radical (unpaired) electrons. The first-order valence-corrected chi connectivity index (χ1v) is 10.8. The number of nitrogens with two attached hydrogens (primary N) is 1. The summed E-state index contributed by atoms with van der Waals surface area (Å²) in [5, 5.41) is 6.30. The van der Waals surface area contributed by atoms with Crippen LogP contribution in [0, 0.1) is 0 Å². The maximum absolute atomic E-state index is 12.7. The summed E-state index contributed by atoms with van der Waals surface area (Å²) < 4.78 is 10.2. The summed E-state index contributed by atoms with van der Waals surface area (Å²) in [7, 11) is 1.42. The number of nitrogens with zero attached hydrogens (tertiary/aromatic N) is 1. The molecule has 3 rings (SSSR count). The number of amides is 2. The van der Waals surface area contributed by atoms with Crippen LogP contribution in [-0.2, 0) is 37.0 Å². The van der Waals surface area contributed by atoms with Gasteiger partial charge < -0.3 is 25.8 Å². The average molecular weight is 465 g/mol. The maximum Gasteiger partial charge on any atom is 0.308 e. The number of methoxy groups -OCH3 is 1. The lowest BCUT2D eigenvalue weighted by Gasteiger charge is -2.20. The van der Waals surface area contributed by atoms with Gasteiger partial charge in [0.2, 0.25) is 11.8 Å². The van der Waals surface area contributed by atoms with Gasteiger partial charge in [-0.1, -0.05) is 54.6 Å². The van der Waals surface area contributed by atoms with Crippen LogP contribution in [0.4, 0.5) is 0 Å². The minimum atomic E-state index is -1.17. The van der Waals surface area contributed by atoms with Crippen LogP contribution in [0.2, 0.25) is 0 Å². The van der Waals surface area contributed by atoms with Crippen molar-refractivity contribution in [1.82, 2.24) is 15.6 Å². The number of hydrogen-bond donors (Lipinski definition) is 3. The average Bonchev–Trinajstić information content (AvgIpc) is 2.86. The van der Waals surface area contributed by atoms with Crippen molar-refractivity contribution in [2.45, 2.75) is 31.7 Å². The Kier molecular flexibility index (Phi) is 9.07. The van der Waals surface area contributed by atoms with E-state index in [0.717, 1.165) is 22.0 Å². The Morgan fingerprint density at radius 1 is 1.00 bits per heavy atom. The number of carbonyl (C=O) groups is 3. The Balaban J connectivity index is 1.51. The molecule has 9 nitrogen and oxygen atoms in total. The molecule has 4 N–H and O–H groups in total. The third-order valence-corrected chi connectivity index (χ3v) is 5.10. The van der Waals surface area contributed by atoms with Crippen LogP contribution >= 0.6 is 0 Å². The molecule has 0 aliphatic heterocycles. The van der Waals surface area contributed by atoms with Crippen molar-refractivity contribution in [2.75, 3.05) is 13.7 Å². The summed E-state index contributed by atoms with van der Waals surface area (Å²) in [5.41, 5.74) is 8.32. The first-order chi connectivity index (χ1) is 16.5. The van der Waals surface area contributed by atoms with Gasteiger partial charge in [-0.05, 0) is 17.2 Å². The number of ether oxygens (including phenoxy) is 2. The normalized spacial score (nSPS) is 12.5. The van der Waals surface area contributed by atoms with Gasteiger partial charge in [0.15, 0.2) is 0 Å². The smallest absolute Gasteiger partial charge is 0.308 e. The van der Waals surface area contributed by atoms with E-state index in [-0.39, 0.29) is 26.2 Å². The number of rotatable bonds is 11. The van der Waals surface area contributed by atoms with Crippen molar-refractivity contribution in [3.8, 4) is 0 Å². The number of para-hydroxylation sites is 1. The fourth-order valence-electron chi connectivity index (χ4n) is 3.31. The number of hydrogen-bond acceptors (Lipinski definition) is 7. The molecule has 34 heavy (non-hydrogen) atoms. The molecule has 0 saturated carbocycles. The zero-order valence-corrected chi connectivity index (χ0v) is 18.9. The molecule has 0 saturated heterocycles. The van der Waals surface area contributed by atoms with Crippen LogP contribution < -0.4 is 16.4 Å². The van der Waals surface area contributed by atoms with E-state index in [1.54, 1.807) is 6.20 Å². The second kappa shape index (κ2) is 12.4. The molecule has 2 aromatic carbocycles. The summed E-state index contributed by atoms with van der Waals surface area (Å²) in [6.45, 7) is 0.253. The van der Waals surface area contributed by atoms with Gasteiger partial charge in [0, 0.05) is 25.2 Å². The molecule has 0 bridgehead atoms. The standard InChI is InChI=1S/C25H28N4O5/c1-33-16-21(25(32)28-14-19-10-5-9-18-11-6-12-27-23(18)19)29-24(31)20(26)13-22(30)34-15-17-7-3-2-4-8-17/h2-12,20-21H,13-16,26H2,1H3,(H,28,32)(H,29,31). The fraction of sp³-hybridized carbons (Fsp3) is 0.280. The summed E-state index contributed by atoms with van der Waals surface area (Å²) in [6, 6.07) is 16.5. The van der Waals surface area contributed by atoms with Gasteiger partial charge in [-0.2, -0.15) is 0 Å². The van der Waals surface area contributed by atoms with E-state index in [2.05, 4.69) is 15.6 Å². The molecule has 2 unspecified atom stereocenters. The van der Waals surface area contributed by atoms with Crippen LogP contribution in [0.15, 0.2) is 66.9 Å². The highest BCUT2D eigenvalue weighted by Crippen LogP contribution is 2.15. The lowest BCUT2D eigenvalue weighted by Crippen LogP contribution is -2.53. The molecule has 178 valence electrons. The van der Waals surface area contributed by atoms with Crippen molar-refractivity contribution in [2.24, 2.45) is 5.73 Å². The number of aromatic nitrogens is 1. The lowest BCUT2D eigenvalue weighted by molar-refractivity contribution is -0.146.